The molecule has 2 rings (SSSR count). The third-order valence-corrected chi connectivity index (χ3v) is 6.32. The summed E-state index contributed by atoms with van der Waals surface area (Å²) in [5.41, 5.74) is 0.471. The van der Waals surface area contributed by atoms with E-state index in [-0.39, 0.29) is 0 Å². The first kappa shape index (κ1) is 17.3. The third kappa shape index (κ3) is 4.45. The lowest BCUT2D eigenvalue weighted by Crippen LogP contribution is -2.50. The quantitative estimate of drug-likeness (QED) is 0.841. The molecule has 1 N–H and O–H groups in total. The normalized spacial score (nSPS) is 39.4. The van der Waals surface area contributed by atoms with E-state index in [2.05, 4.69) is 51.9 Å². The van der Waals surface area contributed by atoms with E-state index >= 15 is 0 Å². The fourth-order valence-corrected chi connectivity index (χ4v) is 4.66. The van der Waals surface area contributed by atoms with Crippen LogP contribution in [0, 0.1) is 23.2 Å². The first-order valence-corrected chi connectivity index (χ1v) is 9.22. The van der Waals surface area contributed by atoms with Crippen molar-refractivity contribution in [1.29, 1.82) is 0 Å². The van der Waals surface area contributed by atoms with Crippen LogP contribution in [0.15, 0.2) is 0 Å². The second kappa shape index (κ2) is 7.00. The number of rotatable bonds is 3. The van der Waals surface area contributed by atoms with Crippen LogP contribution in [0.4, 0.5) is 0 Å². The molecular weight excluding hydrogens is 256 g/mol. The minimum atomic E-state index is 0.471. The van der Waals surface area contributed by atoms with Crippen molar-refractivity contribution in [3.05, 3.63) is 0 Å². The van der Waals surface area contributed by atoms with E-state index in [9.17, 15) is 0 Å². The first-order chi connectivity index (χ1) is 9.81. The number of nitrogens with zero attached hydrogens (tertiary/aromatic N) is 1. The molecule has 2 nitrogen and oxygen atoms in total. The molecule has 0 amide bonds. The number of hydrogen-bond donors (Lipinski definition) is 1. The van der Waals surface area contributed by atoms with Gasteiger partial charge in [0.2, 0.25) is 0 Å². The summed E-state index contributed by atoms with van der Waals surface area (Å²) in [6, 6.07) is 1.51. The Morgan fingerprint density at radius 1 is 1.05 bits per heavy atom. The van der Waals surface area contributed by atoms with Gasteiger partial charge in [0.1, 0.15) is 0 Å². The highest BCUT2D eigenvalue weighted by Crippen LogP contribution is 2.41. The summed E-state index contributed by atoms with van der Waals surface area (Å²) in [5, 5.41) is 3.61. The lowest BCUT2D eigenvalue weighted by atomic mass is 9.67. The Hall–Kier alpha value is -0.0800. The van der Waals surface area contributed by atoms with Crippen molar-refractivity contribution in [3.8, 4) is 0 Å². The summed E-state index contributed by atoms with van der Waals surface area (Å²) in [6.45, 7) is 14.8. The third-order valence-electron chi connectivity index (χ3n) is 6.32. The van der Waals surface area contributed by atoms with Gasteiger partial charge in [-0.15, -0.1) is 0 Å². The Labute approximate surface area is 133 Å². The van der Waals surface area contributed by atoms with Crippen molar-refractivity contribution < 1.29 is 0 Å². The summed E-state index contributed by atoms with van der Waals surface area (Å²) in [4.78, 5) is 2.78. The number of likely N-dealkylation sites (tertiary alicyclic amines) is 1. The van der Waals surface area contributed by atoms with Gasteiger partial charge in [-0.25, -0.2) is 0 Å². The summed E-state index contributed by atoms with van der Waals surface area (Å²) >= 11 is 0. The van der Waals surface area contributed by atoms with Crippen LogP contribution in [-0.2, 0) is 0 Å². The van der Waals surface area contributed by atoms with Gasteiger partial charge in [0.25, 0.3) is 0 Å². The molecule has 0 aromatic rings. The van der Waals surface area contributed by atoms with Crippen LogP contribution in [0.1, 0.15) is 66.7 Å². The van der Waals surface area contributed by atoms with Gasteiger partial charge < -0.3 is 10.2 Å². The fraction of sp³-hybridized carbons (Fsp3) is 1.00. The van der Waals surface area contributed by atoms with Crippen molar-refractivity contribution in [2.45, 2.75) is 78.8 Å². The highest BCUT2D eigenvalue weighted by molar-refractivity contribution is 4.91. The lowest BCUT2D eigenvalue weighted by Gasteiger charge is -2.45. The zero-order valence-electron chi connectivity index (χ0n) is 15.3. The Bertz CT molecular complexity index is 320. The molecule has 2 fully saturated rings. The van der Waals surface area contributed by atoms with Crippen molar-refractivity contribution >= 4 is 0 Å². The van der Waals surface area contributed by atoms with Gasteiger partial charge in [0, 0.05) is 18.6 Å². The second-order valence-corrected chi connectivity index (χ2v) is 9.00. The maximum Gasteiger partial charge on any atom is 0.0105 e. The monoisotopic (exact) mass is 294 g/mol. The lowest BCUT2D eigenvalue weighted by molar-refractivity contribution is 0.0567. The van der Waals surface area contributed by atoms with Crippen LogP contribution in [0.25, 0.3) is 0 Å². The molecule has 21 heavy (non-hydrogen) atoms. The van der Waals surface area contributed by atoms with Crippen LogP contribution in [0.3, 0.4) is 0 Å². The minimum Gasteiger partial charge on any atom is -0.317 e. The van der Waals surface area contributed by atoms with Crippen molar-refractivity contribution in [2.24, 2.45) is 23.2 Å². The molecule has 0 bridgehead atoms. The Kier molecular flexibility index (Phi) is 5.76. The van der Waals surface area contributed by atoms with Crippen molar-refractivity contribution in [1.82, 2.24) is 10.2 Å². The highest BCUT2D eigenvalue weighted by atomic mass is 15.2. The van der Waals surface area contributed by atoms with Crippen LogP contribution < -0.4 is 5.32 Å². The standard InChI is InChI=1S/C19H38N2/c1-14-9-10-21(15(2)11-14)13-16-12-17(19(3,4)5)7-8-18(16)20-6/h14-18,20H,7-13H2,1-6H3. The molecule has 5 atom stereocenters. The van der Waals surface area contributed by atoms with Gasteiger partial charge in [-0.05, 0) is 75.8 Å². The van der Waals surface area contributed by atoms with Gasteiger partial charge in [-0.2, -0.15) is 0 Å². The fourth-order valence-electron chi connectivity index (χ4n) is 4.66. The van der Waals surface area contributed by atoms with E-state index in [1.807, 2.05) is 0 Å². The smallest absolute Gasteiger partial charge is 0.0105 e. The summed E-state index contributed by atoms with van der Waals surface area (Å²) in [7, 11) is 2.16. The Balaban J connectivity index is 1.97. The van der Waals surface area contributed by atoms with Crippen LogP contribution in [-0.4, -0.2) is 37.1 Å². The van der Waals surface area contributed by atoms with Crippen LogP contribution in [0.2, 0.25) is 0 Å². The molecule has 0 spiro atoms. The largest absolute Gasteiger partial charge is 0.317 e. The number of piperidine rings is 1. The van der Waals surface area contributed by atoms with Crippen molar-refractivity contribution in [3.63, 3.8) is 0 Å². The molecule has 0 aromatic heterocycles. The summed E-state index contributed by atoms with van der Waals surface area (Å²) in [6.07, 6.45) is 6.96. The summed E-state index contributed by atoms with van der Waals surface area (Å²) < 4.78 is 0. The van der Waals surface area contributed by atoms with E-state index in [4.69, 9.17) is 0 Å². The molecule has 2 aliphatic rings. The van der Waals surface area contributed by atoms with Gasteiger partial charge in [0.05, 0.1) is 0 Å². The molecule has 1 saturated heterocycles. The zero-order valence-corrected chi connectivity index (χ0v) is 15.3. The molecule has 0 aromatic carbocycles. The Morgan fingerprint density at radius 2 is 1.76 bits per heavy atom. The van der Waals surface area contributed by atoms with E-state index in [0.717, 1.165) is 29.8 Å². The van der Waals surface area contributed by atoms with E-state index in [0.29, 0.717) is 5.41 Å². The zero-order chi connectivity index (χ0) is 15.6. The predicted octanol–water partition coefficient (Wildman–Crippen LogP) is 4.16. The maximum atomic E-state index is 3.61. The predicted molar refractivity (Wildman–Crippen MR) is 92.6 cm³/mol. The Morgan fingerprint density at radius 3 is 2.33 bits per heavy atom. The minimum absolute atomic E-state index is 0.471. The molecule has 0 radical (unpaired) electrons. The number of nitrogens with one attached hydrogen (secondary N) is 1. The van der Waals surface area contributed by atoms with E-state index in [1.165, 1.54) is 45.2 Å². The van der Waals surface area contributed by atoms with Crippen LogP contribution in [0.5, 0.6) is 0 Å². The van der Waals surface area contributed by atoms with Crippen LogP contribution >= 0.6 is 0 Å². The summed E-state index contributed by atoms with van der Waals surface area (Å²) in [5.74, 6) is 2.65. The van der Waals surface area contributed by atoms with Gasteiger partial charge in [0.15, 0.2) is 0 Å². The molecular formula is C19H38N2. The van der Waals surface area contributed by atoms with E-state index in [1.54, 1.807) is 0 Å². The SMILES string of the molecule is CNC1CCC(C(C)(C)C)CC1CN1CCC(C)CC1C. The van der Waals surface area contributed by atoms with Crippen molar-refractivity contribution in [2.75, 3.05) is 20.1 Å². The van der Waals surface area contributed by atoms with E-state index < -0.39 is 0 Å². The topological polar surface area (TPSA) is 15.3 Å². The molecule has 124 valence electrons. The van der Waals surface area contributed by atoms with Gasteiger partial charge in [-0.3, -0.25) is 0 Å². The van der Waals surface area contributed by atoms with Gasteiger partial charge in [-0.1, -0.05) is 27.7 Å². The average Bonchev–Trinajstić information content (AvgIpc) is 2.41. The first-order valence-electron chi connectivity index (χ1n) is 9.22. The molecule has 1 aliphatic heterocycles. The second-order valence-electron chi connectivity index (χ2n) is 9.00. The highest BCUT2D eigenvalue weighted by Gasteiger charge is 2.37. The molecule has 1 aliphatic carbocycles. The maximum absolute atomic E-state index is 3.61. The average molecular weight is 295 g/mol. The molecule has 2 heteroatoms. The molecule has 5 unspecified atom stereocenters. The molecule has 1 heterocycles. The number of hydrogen-bond acceptors (Lipinski definition) is 2. The van der Waals surface area contributed by atoms with Gasteiger partial charge >= 0.3 is 0 Å². The molecule has 1 saturated carbocycles.